The molecule has 0 bridgehead atoms. The molecule has 0 aliphatic rings. The van der Waals surface area contributed by atoms with E-state index in [2.05, 4.69) is 103 Å². The summed E-state index contributed by atoms with van der Waals surface area (Å²) in [5, 5.41) is 10.4. The Morgan fingerprint density at radius 1 is 0.327 bits per heavy atom. The largest absolute Gasteiger partial charge is 0.208 e. The second-order valence-electron chi connectivity index (χ2n) is 12.4. The molecule has 0 saturated heterocycles. The highest BCUT2D eigenvalue weighted by molar-refractivity contribution is 7.27. The summed E-state index contributed by atoms with van der Waals surface area (Å²) < 4.78 is 2.69. The van der Waals surface area contributed by atoms with Gasteiger partial charge >= 0.3 is 0 Å². The molecule has 49 heavy (non-hydrogen) atoms. The molecule has 0 aliphatic heterocycles. The lowest BCUT2D eigenvalue weighted by molar-refractivity contribution is 1.07. The van der Waals surface area contributed by atoms with E-state index in [9.17, 15) is 0 Å². The van der Waals surface area contributed by atoms with Crippen molar-refractivity contribution in [2.24, 2.45) is 0 Å². The zero-order valence-electron chi connectivity index (χ0n) is 26.3. The van der Waals surface area contributed by atoms with Crippen LogP contribution in [0, 0.1) is 0 Å². The van der Waals surface area contributed by atoms with Crippen LogP contribution in [0.1, 0.15) is 0 Å². The number of hydrogen-bond donors (Lipinski definition) is 0. The summed E-state index contributed by atoms with van der Waals surface area (Å²) in [6, 6.07) is 57.9. The van der Waals surface area contributed by atoms with Crippen molar-refractivity contribution < 1.29 is 0 Å². The molecule has 0 unspecified atom stereocenters. The number of hydrogen-bond acceptors (Lipinski definition) is 4. The van der Waals surface area contributed by atoms with Crippen LogP contribution in [0.2, 0.25) is 0 Å². The summed E-state index contributed by atoms with van der Waals surface area (Å²) in [5.74, 6) is 1.97. The van der Waals surface area contributed by atoms with Crippen LogP contribution in [-0.2, 0) is 0 Å². The summed E-state index contributed by atoms with van der Waals surface area (Å²) in [7, 11) is 0. The molecule has 2 aromatic heterocycles. The number of thiophene rings is 1. The van der Waals surface area contributed by atoms with Gasteiger partial charge in [0, 0.05) is 42.2 Å². The van der Waals surface area contributed by atoms with Gasteiger partial charge in [0.05, 0.1) is 0 Å². The molecule has 0 amide bonds. The normalized spacial score (nSPS) is 11.7. The third-order valence-electron chi connectivity index (χ3n) is 9.48. The van der Waals surface area contributed by atoms with E-state index >= 15 is 0 Å². The van der Waals surface area contributed by atoms with Gasteiger partial charge in [-0.1, -0.05) is 146 Å². The molecule has 8 aromatic carbocycles. The van der Waals surface area contributed by atoms with Crippen molar-refractivity contribution in [1.29, 1.82) is 0 Å². The van der Waals surface area contributed by atoms with E-state index in [0.717, 1.165) is 27.8 Å². The topological polar surface area (TPSA) is 38.7 Å². The molecule has 0 radical (unpaired) electrons. The molecule has 0 N–H and O–H groups in total. The minimum atomic E-state index is 0.653. The van der Waals surface area contributed by atoms with Crippen LogP contribution < -0.4 is 0 Å². The maximum Gasteiger partial charge on any atom is 0.164 e. The van der Waals surface area contributed by atoms with Crippen LogP contribution in [0.3, 0.4) is 0 Å². The zero-order valence-corrected chi connectivity index (χ0v) is 27.2. The lowest BCUT2D eigenvalue weighted by Gasteiger charge is -2.13. The van der Waals surface area contributed by atoms with E-state index in [1.165, 1.54) is 52.5 Å². The minimum absolute atomic E-state index is 0.653. The molecule has 10 rings (SSSR count). The van der Waals surface area contributed by atoms with Gasteiger partial charge in [0.1, 0.15) is 0 Å². The first-order valence-corrected chi connectivity index (χ1v) is 17.3. The molecule has 0 aliphatic carbocycles. The van der Waals surface area contributed by atoms with Gasteiger partial charge in [-0.15, -0.1) is 11.3 Å². The first-order valence-electron chi connectivity index (χ1n) is 16.4. The fraction of sp³-hybridized carbons (Fsp3) is 0. The molecular formula is C45H27N3S. The molecule has 0 spiro atoms. The number of aromatic nitrogens is 3. The molecule has 10 aromatic rings. The van der Waals surface area contributed by atoms with Crippen molar-refractivity contribution in [3.05, 3.63) is 164 Å². The predicted molar refractivity (Wildman–Crippen MR) is 207 cm³/mol. The number of rotatable bonds is 4. The van der Waals surface area contributed by atoms with Gasteiger partial charge in [-0.2, -0.15) is 0 Å². The Labute approximate surface area is 286 Å². The highest BCUT2D eigenvalue weighted by atomic mass is 32.1. The third kappa shape index (κ3) is 4.61. The lowest BCUT2D eigenvalue weighted by Crippen LogP contribution is -2.00. The molecule has 2 heterocycles. The molecule has 0 fully saturated rings. The van der Waals surface area contributed by atoms with Crippen molar-refractivity contribution in [3.63, 3.8) is 0 Å². The second-order valence-corrected chi connectivity index (χ2v) is 13.4. The summed E-state index contributed by atoms with van der Waals surface area (Å²) in [4.78, 5) is 14.8. The SMILES string of the molecule is c1ccc(-c2nc(-c3ccccc3)nc(-c3cccc(-c4ccc5c(ccc6c5c5ccccc5c5sc7ccccc7c65)c4)c3)n2)cc1. The Bertz CT molecular complexity index is 2820. The van der Waals surface area contributed by atoms with Gasteiger partial charge in [0.2, 0.25) is 0 Å². The average molecular weight is 642 g/mol. The molecular weight excluding hydrogens is 615 g/mol. The Kier molecular flexibility index (Phi) is 6.36. The fourth-order valence-corrected chi connectivity index (χ4v) is 8.44. The zero-order chi connectivity index (χ0) is 32.3. The fourth-order valence-electron chi connectivity index (χ4n) is 7.19. The molecule has 0 saturated carbocycles. The standard InChI is InChI=1S/C45H27N3S/c1-3-12-28(13-4-1)43-46-44(29-14-5-2-6-15-29)48-45(47-43)33-17-11-16-30(27-33)31-22-24-34-32(26-31)23-25-38-40(34)35-18-7-8-19-36(35)42-41(38)37-20-9-10-21-39(37)49-42/h1-27H. The third-order valence-corrected chi connectivity index (χ3v) is 10.7. The van der Waals surface area contributed by atoms with Crippen molar-refractivity contribution in [1.82, 2.24) is 15.0 Å². The summed E-state index contributed by atoms with van der Waals surface area (Å²) in [6.45, 7) is 0. The molecule has 4 heteroatoms. The molecule has 228 valence electrons. The van der Waals surface area contributed by atoms with Crippen molar-refractivity contribution in [2.75, 3.05) is 0 Å². The quantitative estimate of drug-likeness (QED) is 0.180. The maximum atomic E-state index is 4.97. The van der Waals surface area contributed by atoms with E-state index < -0.39 is 0 Å². The van der Waals surface area contributed by atoms with Gasteiger partial charge in [-0.3, -0.25) is 0 Å². The van der Waals surface area contributed by atoms with Crippen LogP contribution in [0.5, 0.6) is 0 Å². The van der Waals surface area contributed by atoms with Crippen LogP contribution in [0.25, 0.3) is 97.8 Å². The van der Waals surface area contributed by atoms with Crippen molar-refractivity contribution in [2.45, 2.75) is 0 Å². The smallest absolute Gasteiger partial charge is 0.164 e. The Balaban J connectivity index is 1.14. The van der Waals surface area contributed by atoms with E-state index in [4.69, 9.17) is 15.0 Å². The summed E-state index contributed by atoms with van der Waals surface area (Å²) in [6.07, 6.45) is 0. The molecule has 0 atom stereocenters. The van der Waals surface area contributed by atoms with Gasteiger partial charge in [0.15, 0.2) is 17.5 Å². The Morgan fingerprint density at radius 2 is 0.878 bits per heavy atom. The Hall–Kier alpha value is -6.23. The molecule has 3 nitrogen and oxygen atoms in total. The maximum absolute atomic E-state index is 4.97. The highest BCUT2D eigenvalue weighted by Crippen LogP contribution is 2.46. The summed E-state index contributed by atoms with van der Waals surface area (Å²) in [5.41, 5.74) is 5.14. The highest BCUT2D eigenvalue weighted by Gasteiger charge is 2.17. The first-order chi connectivity index (χ1) is 24.3. The number of benzene rings is 8. The monoisotopic (exact) mass is 641 g/mol. The van der Waals surface area contributed by atoms with E-state index in [0.29, 0.717) is 17.5 Å². The van der Waals surface area contributed by atoms with E-state index in [1.807, 2.05) is 72.0 Å². The summed E-state index contributed by atoms with van der Waals surface area (Å²) >= 11 is 1.90. The van der Waals surface area contributed by atoms with E-state index in [-0.39, 0.29) is 0 Å². The number of nitrogens with zero attached hydrogens (tertiary/aromatic N) is 3. The Morgan fingerprint density at radius 3 is 1.61 bits per heavy atom. The average Bonchev–Trinajstić information content (AvgIpc) is 3.58. The van der Waals surface area contributed by atoms with E-state index in [1.54, 1.807) is 0 Å². The van der Waals surface area contributed by atoms with Gasteiger partial charge in [-0.25, -0.2) is 15.0 Å². The second kappa shape index (κ2) is 11.2. The van der Waals surface area contributed by atoms with Crippen LogP contribution in [-0.4, -0.2) is 15.0 Å². The number of fused-ring (bicyclic) bond motifs is 10. The lowest BCUT2D eigenvalue weighted by atomic mass is 9.91. The van der Waals surface area contributed by atoms with Crippen LogP contribution >= 0.6 is 11.3 Å². The van der Waals surface area contributed by atoms with Crippen molar-refractivity contribution >= 4 is 63.8 Å². The first kappa shape index (κ1) is 27.8. The van der Waals surface area contributed by atoms with Crippen LogP contribution in [0.4, 0.5) is 0 Å². The van der Waals surface area contributed by atoms with Crippen LogP contribution in [0.15, 0.2) is 164 Å². The van der Waals surface area contributed by atoms with Gasteiger partial charge in [0.25, 0.3) is 0 Å². The minimum Gasteiger partial charge on any atom is -0.208 e. The van der Waals surface area contributed by atoms with Crippen molar-refractivity contribution in [3.8, 4) is 45.3 Å². The predicted octanol–water partition coefficient (Wildman–Crippen LogP) is 12.4. The van der Waals surface area contributed by atoms with Gasteiger partial charge < -0.3 is 0 Å². The van der Waals surface area contributed by atoms with Gasteiger partial charge in [-0.05, 0) is 56.3 Å².